The van der Waals surface area contributed by atoms with Crippen LogP contribution in [0, 0.1) is 17.8 Å². The summed E-state index contributed by atoms with van der Waals surface area (Å²) in [6.45, 7) is 6.29. The molecule has 2 aliphatic carbocycles. The number of fused-ring (bicyclic) bond motifs is 2. The maximum atomic E-state index is 11.6. The largest absolute Gasteiger partial charge is 0.300 e. The molecule has 0 aromatic rings. The smallest absolute Gasteiger partial charge is 0.133 e. The van der Waals surface area contributed by atoms with Crippen molar-refractivity contribution in [3.8, 4) is 0 Å². The Balaban J connectivity index is 2.30. The van der Waals surface area contributed by atoms with E-state index in [9.17, 15) is 4.79 Å². The van der Waals surface area contributed by atoms with Gasteiger partial charge in [0, 0.05) is 5.92 Å². The van der Waals surface area contributed by atoms with E-state index >= 15 is 0 Å². The van der Waals surface area contributed by atoms with Gasteiger partial charge in [0.1, 0.15) is 5.78 Å². The highest BCUT2D eigenvalue weighted by Gasteiger charge is 2.46. The molecule has 3 atom stereocenters. The Hall–Kier alpha value is -0.590. The molecule has 84 valence electrons. The molecule has 0 aromatic heterocycles. The van der Waals surface area contributed by atoms with Crippen LogP contribution >= 0.6 is 0 Å². The van der Waals surface area contributed by atoms with Crippen molar-refractivity contribution in [3.63, 3.8) is 0 Å². The molecule has 15 heavy (non-hydrogen) atoms. The van der Waals surface area contributed by atoms with Crippen LogP contribution in [-0.2, 0) is 4.79 Å². The van der Waals surface area contributed by atoms with Crippen molar-refractivity contribution in [1.29, 1.82) is 0 Å². The predicted octanol–water partition coefficient (Wildman–Crippen LogP) is 3.74. The summed E-state index contributed by atoms with van der Waals surface area (Å²) in [5.74, 6) is 2.18. The Morgan fingerprint density at radius 2 is 1.93 bits per heavy atom. The normalized spacial score (nSPS) is 33.5. The lowest BCUT2D eigenvalue weighted by Crippen LogP contribution is -2.18. The number of carbonyl (C=O) groups is 1. The van der Waals surface area contributed by atoms with E-state index < -0.39 is 0 Å². The molecule has 0 amide bonds. The summed E-state index contributed by atoms with van der Waals surface area (Å²) in [6, 6.07) is 0. The van der Waals surface area contributed by atoms with Gasteiger partial charge in [0.25, 0.3) is 0 Å². The molecule has 2 bridgehead atoms. The van der Waals surface area contributed by atoms with Gasteiger partial charge < -0.3 is 0 Å². The molecule has 2 fully saturated rings. The molecule has 2 rings (SSSR count). The summed E-state index contributed by atoms with van der Waals surface area (Å²) in [5, 5.41) is 0. The zero-order chi connectivity index (χ0) is 11.0. The van der Waals surface area contributed by atoms with Crippen LogP contribution < -0.4 is 0 Å². The molecule has 1 nitrogen and oxygen atoms in total. The average Bonchev–Trinajstić information content (AvgIpc) is 2.78. The average molecular weight is 206 g/mol. The summed E-state index contributed by atoms with van der Waals surface area (Å²) in [7, 11) is 0. The molecule has 2 saturated carbocycles. The topological polar surface area (TPSA) is 17.1 Å². The summed E-state index contributed by atoms with van der Waals surface area (Å²) in [4.78, 5) is 11.6. The van der Waals surface area contributed by atoms with E-state index in [1.165, 1.54) is 25.7 Å². The summed E-state index contributed by atoms with van der Waals surface area (Å²) >= 11 is 0. The Kier molecular flexibility index (Phi) is 2.99. The number of hydrogen-bond acceptors (Lipinski definition) is 1. The fourth-order valence-corrected chi connectivity index (χ4v) is 3.79. The Morgan fingerprint density at radius 1 is 1.27 bits per heavy atom. The van der Waals surface area contributed by atoms with Crippen molar-refractivity contribution < 1.29 is 4.79 Å². The molecule has 0 spiro atoms. The van der Waals surface area contributed by atoms with Crippen molar-refractivity contribution in [2.75, 3.05) is 0 Å². The molecule has 0 aromatic carbocycles. The Bertz CT molecular complexity index is 294. The van der Waals surface area contributed by atoms with Crippen LogP contribution in [0.3, 0.4) is 0 Å². The molecule has 0 heterocycles. The van der Waals surface area contributed by atoms with Gasteiger partial charge in [0.15, 0.2) is 0 Å². The number of allylic oxidation sites excluding steroid dienone is 2. The van der Waals surface area contributed by atoms with Crippen LogP contribution in [0.25, 0.3) is 0 Å². The first-order valence-electron chi connectivity index (χ1n) is 6.41. The van der Waals surface area contributed by atoms with E-state index in [4.69, 9.17) is 0 Å². The van der Waals surface area contributed by atoms with Gasteiger partial charge in [-0.2, -0.15) is 0 Å². The monoisotopic (exact) mass is 206 g/mol. The third-order valence-electron chi connectivity index (χ3n) is 4.47. The van der Waals surface area contributed by atoms with E-state index in [2.05, 4.69) is 13.8 Å². The lowest BCUT2D eigenvalue weighted by Gasteiger charge is -2.18. The molecule has 1 unspecified atom stereocenters. The number of ketones is 1. The highest BCUT2D eigenvalue weighted by Crippen LogP contribution is 2.54. The second-order valence-electron chi connectivity index (χ2n) is 5.10. The minimum Gasteiger partial charge on any atom is -0.300 e. The molecule has 2 aliphatic rings. The predicted molar refractivity (Wildman–Crippen MR) is 62.6 cm³/mol. The van der Waals surface area contributed by atoms with E-state index in [0.717, 1.165) is 12.3 Å². The van der Waals surface area contributed by atoms with Crippen molar-refractivity contribution in [2.24, 2.45) is 17.8 Å². The minimum absolute atomic E-state index is 0.367. The first kappa shape index (κ1) is 10.9. The number of carbonyl (C=O) groups excluding carboxylic acids is 1. The van der Waals surface area contributed by atoms with Gasteiger partial charge in [0.2, 0.25) is 0 Å². The van der Waals surface area contributed by atoms with Gasteiger partial charge in [-0.05, 0) is 50.9 Å². The molecular weight excluding hydrogens is 184 g/mol. The van der Waals surface area contributed by atoms with E-state index in [0.29, 0.717) is 17.6 Å². The van der Waals surface area contributed by atoms with Crippen LogP contribution in [0.5, 0.6) is 0 Å². The van der Waals surface area contributed by atoms with Crippen LogP contribution in [0.2, 0.25) is 0 Å². The van der Waals surface area contributed by atoms with Crippen LogP contribution in [0.1, 0.15) is 52.9 Å². The summed E-state index contributed by atoms with van der Waals surface area (Å²) in [5.41, 5.74) is 3.34. The molecule has 0 aliphatic heterocycles. The quantitative estimate of drug-likeness (QED) is 0.643. The van der Waals surface area contributed by atoms with E-state index in [-0.39, 0.29) is 0 Å². The van der Waals surface area contributed by atoms with Crippen molar-refractivity contribution in [1.82, 2.24) is 0 Å². The highest BCUT2D eigenvalue weighted by molar-refractivity contribution is 5.80. The zero-order valence-corrected chi connectivity index (χ0v) is 10.2. The summed E-state index contributed by atoms with van der Waals surface area (Å²) in [6.07, 6.45) is 6.13. The first-order chi connectivity index (χ1) is 7.19. The van der Waals surface area contributed by atoms with Gasteiger partial charge in [-0.1, -0.05) is 25.0 Å². The number of Topliss-reactive ketones (excluding diaryl/α,β-unsaturated/α-hetero) is 1. The van der Waals surface area contributed by atoms with Crippen LogP contribution in [-0.4, -0.2) is 5.78 Å². The Morgan fingerprint density at radius 3 is 2.40 bits per heavy atom. The number of rotatable bonds is 3. The zero-order valence-electron chi connectivity index (χ0n) is 10.2. The third-order valence-corrected chi connectivity index (χ3v) is 4.47. The van der Waals surface area contributed by atoms with Gasteiger partial charge in [-0.3, -0.25) is 4.79 Å². The second-order valence-corrected chi connectivity index (χ2v) is 5.10. The van der Waals surface area contributed by atoms with Gasteiger partial charge >= 0.3 is 0 Å². The second kappa shape index (κ2) is 4.11. The molecule has 1 heteroatoms. The first-order valence-corrected chi connectivity index (χ1v) is 6.41. The lowest BCUT2D eigenvalue weighted by molar-refractivity contribution is -0.122. The molecule has 0 radical (unpaired) electrons. The maximum absolute atomic E-state index is 11.6. The maximum Gasteiger partial charge on any atom is 0.133 e. The standard InChI is InChI=1S/C14H22O/c1-4-10(5-2)14-11-6-7-12(14)13(8-11)9(3)15/h11-13H,4-8H2,1-3H3/t11-,12+,13?/m0/s1. The SMILES string of the molecule is CCC(CC)=C1[C@H]2CC[C@@H]1C(C(C)=O)C2. The summed E-state index contributed by atoms with van der Waals surface area (Å²) < 4.78 is 0. The lowest BCUT2D eigenvalue weighted by atomic mass is 9.85. The van der Waals surface area contributed by atoms with Gasteiger partial charge in [-0.15, -0.1) is 0 Å². The fourth-order valence-electron chi connectivity index (χ4n) is 3.79. The van der Waals surface area contributed by atoms with Gasteiger partial charge in [-0.25, -0.2) is 0 Å². The number of hydrogen-bond donors (Lipinski definition) is 0. The molecule has 0 saturated heterocycles. The van der Waals surface area contributed by atoms with Crippen LogP contribution in [0.15, 0.2) is 11.1 Å². The highest BCUT2D eigenvalue weighted by atomic mass is 16.1. The van der Waals surface area contributed by atoms with E-state index in [1.54, 1.807) is 18.1 Å². The molecule has 0 N–H and O–H groups in total. The van der Waals surface area contributed by atoms with Crippen molar-refractivity contribution in [3.05, 3.63) is 11.1 Å². The van der Waals surface area contributed by atoms with E-state index in [1.807, 2.05) is 0 Å². The molecular formula is C14H22O. The van der Waals surface area contributed by atoms with Gasteiger partial charge in [0.05, 0.1) is 0 Å². The minimum atomic E-state index is 0.367. The van der Waals surface area contributed by atoms with Crippen LogP contribution in [0.4, 0.5) is 0 Å². The Labute approximate surface area is 92.9 Å². The third kappa shape index (κ3) is 1.66. The van der Waals surface area contributed by atoms with Crippen molar-refractivity contribution in [2.45, 2.75) is 52.9 Å². The fraction of sp³-hybridized carbons (Fsp3) is 0.786. The van der Waals surface area contributed by atoms with Crippen molar-refractivity contribution >= 4 is 5.78 Å².